The van der Waals surface area contributed by atoms with Crippen molar-refractivity contribution in [2.24, 2.45) is 11.1 Å². The van der Waals surface area contributed by atoms with Crippen molar-refractivity contribution in [1.82, 2.24) is 5.32 Å². The van der Waals surface area contributed by atoms with Gasteiger partial charge >= 0.3 is 0 Å². The Bertz CT molecular complexity index is 382. The van der Waals surface area contributed by atoms with E-state index in [4.69, 9.17) is 5.73 Å². The van der Waals surface area contributed by atoms with Crippen LogP contribution in [0.3, 0.4) is 0 Å². The molecule has 0 radical (unpaired) electrons. The molecule has 0 amide bonds. The number of hydrogen-bond acceptors (Lipinski definition) is 2. The molecule has 0 spiro atoms. The van der Waals surface area contributed by atoms with Crippen molar-refractivity contribution in [2.75, 3.05) is 13.1 Å². The molecule has 2 nitrogen and oxygen atoms in total. The minimum atomic E-state index is 0.423. The largest absolute Gasteiger partial charge is 0.330 e. The normalized spacial score (nSPS) is 17.2. The van der Waals surface area contributed by atoms with E-state index in [-0.39, 0.29) is 0 Å². The van der Waals surface area contributed by atoms with Crippen LogP contribution in [0.2, 0.25) is 0 Å². The first-order valence-electron chi connectivity index (χ1n) is 6.54. The van der Waals surface area contributed by atoms with Gasteiger partial charge in [-0.1, -0.05) is 17.7 Å². The Hall–Kier alpha value is -0.860. The maximum Gasteiger partial charge on any atom is 0.0210 e. The van der Waals surface area contributed by atoms with E-state index in [1.165, 1.54) is 35.1 Å². The second-order valence-electron chi connectivity index (χ2n) is 5.68. The lowest BCUT2D eigenvalue weighted by Gasteiger charge is -2.16. The van der Waals surface area contributed by atoms with Crippen LogP contribution < -0.4 is 11.1 Å². The Balaban J connectivity index is 1.95. The van der Waals surface area contributed by atoms with Crippen molar-refractivity contribution >= 4 is 0 Å². The molecule has 0 bridgehead atoms. The zero-order valence-corrected chi connectivity index (χ0v) is 11.3. The molecule has 0 aliphatic heterocycles. The average molecular weight is 232 g/mol. The molecule has 17 heavy (non-hydrogen) atoms. The SMILES string of the molecule is Cc1cc(C)c(CNCC2(CN)CC2)c(C)c1. The van der Waals surface area contributed by atoms with E-state index < -0.39 is 0 Å². The number of hydrogen-bond donors (Lipinski definition) is 2. The van der Waals surface area contributed by atoms with Crippen molar-refractivity contribution in [3.8, 4) is 0 Å². The number of nitrogens with one attached hydrogen (secondary N) is 1. The molecule has 2 heteroatoms. The van der Waals surface area contributed by atoms with E-state index in [9.17, 15) is 0 Å². The van der Waals surface area contributed by atoms with E-state index in [0.29, 0.717) is 5.41 Å². The fraction of sp³-hybridized carbons (Fsp3) is 0.600. The summed E-state index contributed by atoms with van der Waals surface area (Å²) in [6, 6.07) is 4.53. The molecule has 2 rings (SSSR count). The first-order chi connectivity index (χ1) is 8.06. The highest BCUT2D eigenvalue weighted by atomic mass is 14.9. The quantitative estimate of drug-likeness (QED) is 0.818. The molecule has 0 unspecified atom stereocenters. The number of aryl methyl sites for hydroxylation is 3. The van der Waals surface area contributed by atoms with Crippen molar-refractivity contribution < 1.29 is 0 Å². The summed E-state index contributed by atoms with van der Waals surface area (Å²) >= 11 is 0. The van der Waals surface area contributed by atoms with Gasteiger partial charge in [-0.3, -0.25) is 0 Å². The van der Waals surface area contributed by atoms with Crippen molar-refractivity contribution in [3.63, 3.8) is 0 Å². The van der Waals surface area contributed by atoms with E-state index in [2.05, 4.69) is 38.2 Å². The van der Waals surface area contributed by atoms with Gasteiger partial charge in [-0.15, -0.1) is 0 Å². The maximum absolute atomic E-state index is 5.79. The zero-order chi connectivity index (χ0) is 12.5. The molecule has 3 N–H and O–H groups in total. The number of rotatable bonds is 5. The molecular weight excluding hydrogens is 208 g/mol. The van der Waals surface area contributed by atoms with Gasteiger partial charge in [0.05, 0.1) is 0 Å². The lowest BCUT2D eigenvalue weighted by molar-refractivity contribution is 0.467. The standard InChI is InChI=1S/C15H24N2/c1-11-6-12(2)14(13(3)7-11)8-17-10-15(9-16)4-5-15/h6-7,17H,4-5,8-10,16H2,1-3H3. The molecule has 1 aliphatic rings. The van der Waals surface area contributed by atoms with Crippen LogP contribution in [0.5, 0.6) is 0 Å². The summed E-state index contributed by atoms with van der Waals surface area (Å²) in [5.41, 5.74) is 11.8. The second kappa shape index (κ2) is 4.79. The highest BCUT2D eigenvalue weighted by molar-refractivity contribution is 5.37. The van der Waals surface area contributed by atoms with Crippen LogP contribution in [0.25, 0.3) is 0 Å². The van der Waals surface area contributed by atoms with Crippen LogP contribution in [0.1, 0.15) is 35.1 Å². The predicted molar refractivity (Wildman–Crippen MR) is 73.1 cm³/mol. The van der Waals surface area contributed by atoms with Gasteiger partial charge in [-0.2, -0.15) is 0 Å². The third kappa shape index (κ3) is 2.88. The molecular formula is C15H24N2. The van der Waals surface area contributed by atoms with Gasteiger partial charge in [0.25, 0.3) is 0 Å². The van der Waals surface area contributed by atoms with Crippen LogP contribution >= 0.6 is 0 Å². The molecule has 1 aliphatic carbocycles. The van der Waals surface area contributed by atoms with Gasteiger partial charge in [0.2, 0.25) is 0 Å². The van der Waals surface area contributed by atoms with Gasteiger partial charge in [0.1, 0.15) is 0 Å². The molecule has 1 aromatic rings. The van der Waals surface area contributed by atoms with E-state index in [0.717, 1.165) is 19.6 Å². The predicted octanol–water partition coefficient (Wildman–Crippen LogP) is 2.44. The summed E-state index contributed by atoms with van der Waals surface area (Å²) in [6.07, 6.45) is 2.59. The minimum absolute atomic E-state index is 0.423. The van der Waals surface area contributed by atoms with Gasteiger partial charge in [-0.05, 0) is 62.3 Å². The number of nitrogens with two attached hydrogens (primary N) is 1. The van der Waals surface area contributed by atoms with Crippen LogP contribution in [-0.2, 0) is 6.54 Å². The third-order valence-electron chi connectivity index (χ3n) is 4.03. The molecule has 0 heterocycles. The van der Waals surface area contributed by atoms with Gasteiger partial charge in [-0.25, -0.2) is 0 Å². The number of benzene rings is 1. The fourth-order valence-electron chi connectivity index (χ4n) is 2.57. The van der Waals surface area contributed by atoms with Gasteiger partial charge in [0.15, 0.2) is 0 Å². The van der Waals surface area contributed by atoms with E-state index in [1.807, 2.05) is 0 Å². The highest BCUT2D eigenvalue weighted by Crippen LogP contribution is 2.43. The highest BCUT2D eigenvalue weighted by Gasteiger charge is 2.40. The average Bonchev–Trinajstić information content (AvgIpc) is 3.02. The van der Waals surface area contributed by atoms with Crippen molar-refractivity contribution in [2.45, 2.75) is 40.2 Å². The Labute approximate surface area is 105 Å². The first-order valence-corrected chi connectivity index (χ1v) is 6.54. The third-order valence-corrected chi connectivity index (χ3v) is 4.03. The molecule has 1 aromatic carbocycles. The summed E-state index contributed by atoms with van der Waals surface area (Å²) in [4.78, 5) is 0. The van der Waals surface area contributed by atoms with Crippen LogP contribution in [0.4, 0.5) is 0 Å². The Morgan fingerprint density at radius 2 is 1.76 bits per heavy atom. The van der Waals surface area contributed by atoms with E-state index >= 15 is 0 Å². The smallest absolute Gasteiger partial charge is 0.0210 e. The topological polar surface area (TPSA) is 38.0 Å². The summed E-state index contributed by atoms with van der Waals surface area (Å²) in [5, 5.41) is 3.58. The van der Waals surface area contributed by atoms with Gasteiger partial charge in [0, 0.05) is 13.1 Å². The Morgan fingerprint density at radius 1 is 1.18 bits per heavy atom. The molecule has 0 aromatic heterocycles. The second-order valence-corrected chi connectivity index (χ2v) is 5.68. The summed E-state index contributed by atoms with van der Waals surface area (Å²) < 4.78 is 0. The fourth-order valence-corrected chi connectivity index (χ4v) is 2.57. The summed E-state index contributed by atoms with van der Waals surface area (Å²) in [7, 11) is 0. The van der Waals surface area contributed by atoms with Crippen LogP contribution in [0, 0.1) is 26.2 Å². The molecule has 0 atom stereocenters. The Kier molecular flexibility index (Phi) is 3.55. The lowest BCUT2D eigenvalue weighted by atomic mass is 9.99. The van der Waals surface area contributed by atoms with Crippen LogP contribution in [-0.4, -0.2) is 13.1 Å². The zero-order valence-electron chi connectivity index (χ0n) is 11.3. The minimum Gasteiger partial charge on any atom is -0.330 e. The van der Waals surface area contributed by atoms with Crippen LogP contribution in [0.15, 0.2) is 12.1 Å². The van der Waals surface area contributed by atoms with E-state index in [1.54, 1.807) is 0 Å². The summed E-state index contributed by atoms with van der Waals surface area (Å²) in [6.45, 7) is 9.42. The maximum atomic E-state index is 5.79. The lowest BCUT2D eigenvalue weighted by Crippen LogP contribution is -2.29. The van der Waals surface area contributed by atoms with Crippen molar-refractivity contribution in [1.29, 1.82) is 0 Å². The molecule has 1 fully saturated rings. The molecule has 0 saturated heterocycles. The molecule has 1 saturated carbocycles. The monoisotopic (exact) mass is 232 g/mol. The van der Waals surface area contributed by atoms with Crippen molar-refractivity contribution in [3.05, 3.63) is 34.4 Å². The first kappa shape index (κ1) is 12.6. The summed E-state index contributed by atoms with van der Waals surface area (Å²) in [5.74, 6) is 0. The molecule has 94 valence electrons. The Morgan fingerprint density at radius 3 is 2.24 bits per heavy atom. The van der Waals surface area contributed by atoms with Gasteiger partial charge < -0.3 is 11.1 Å².